The number of aliphatic hydroxyl groups is 1. The second-order valence-electron chi connectivity index (χ2n) is 7.08. The summed E-state index contributed by atoms with van der Waals surface area (Å²) in [6, 6.07) is 0. The monoisotopic (exact) mass is 296 g/mol. The molecule has 122 valence electrons. The fourth-order valence-corrected chi connectivity index (χ4v) is 3.79. The summed E-state index contributed by atoms with van der Waals surface area (Å²) in [5, 5.41) is 9.50. The summed E-state index contributed by atoms with van der Waals surface area (Å²) in [5.74, 6) is 0.892. The molecule has 0 spiro atoms. The quantitative estimate of drug-likeness (QED) is 0.589. The average Bonchev–Trinajstić information content (AvgIpc) is 2.50. The van der Waals surface area contributed by atoms with Crippen LogP contribution in [0.2, 0.25) is 0 Å². The van der Waals surface area contributed by atoms with Crippen molar-refractivity contribution in [3.05, 3.63) is 0 Å². The highest BCUT2D eigenvalue weighted by Crippen LogP contribution is 2.32. The molecule has 3 heteroatoms. The molecule has 0 bridgehead atoms. The fourth-order valence-electron chi connectivity index (χ4n) is 3.79. The molecular weight excluding hydrogens is 264 g/mol. The zero-order chi connectivity index (χ0) is 15.1. The van der Waals surface area contributed by atoms with Gasteiger partial charge in [-0.05, 0) is 57.3 Å². The summed E-state index contributed by atoms with van der Waals surface area (Å²) in [6.07, 6.45) is 13.0. The van der Waals surface area contributed by atoms with Crippen LogP contribution in [0.15, 0.2) is 0 Å². The van der Waals surface area contributed by atoms with Crippen LogP contribution in [0.25, 0.3) is 0 Å². The molecule has 1 N–H and O–H groups in total. The van der Waals surface area contributed by atoms with E-state index in [1.54, 1.807) is 0 Å². The summed E-state index contributed by atoms with van der Waals surface area (Å²) in [6.45, 7) is 2.25. The molecule has 0 atom stereocenters. The Bertz CT molecular complexity index is 300. The lowest BCUT2D eigenvalue weighted by Gasteiger charge is -2.30. The van der Waals surface area contributed by atoms with Crippen LogP contribution < -0.4 is 0 Å². The Morgan fingerprint density at radius 3 is 2.29 bits per heavy atom. The predicted octanol–water partition coefficient (Wildman–Crippen LogP) is 4.22. The maximum absolute atomic E-state index is 12.2. The van der Waals surface area contributed by atoms with Gasteiger partial charge in [-0.25, -0.2) is 0 Å². The fraction of sp³-hybridized carbons (Fsp3) is 0.944. The maximum Gasteiger partial charge on any atom is 0.309 e. The number of ether oxygens (including phenoxy) is 1. The second kappa shape index (κ2) is 8.77. The van der Waals surface area contributed by atoms with E-state index in [2.05, 4.69) is 6.92 Å². The molecule has 21 heavy (non-hydrogen) atoms. The molecule has 0 radical (unpaired) electrons. The number of hydrogen-bond acceptors (Lipinski definition) is 3. The van der Waals surface area contributed by atoms with Crippen LogP contribution in [-0.4, -0.2) is 23.3 Å². The van der Waals surface area contributed by atoms with Crippen molar-refractivity contribution in [1.82, 2.24) is 0 Å². The minimum absolute atomic E-state index is 0.00340. The molecule has 0 aliphatic heterocycles. The van der Waals surface area contributed by atoms with Crippen LogP contribution in [0.1, 0.15) is 84.0 Å². The van der Waals surface area contributed by atoms with Gasteiger partial charge in [0.2, 0.25) is 0 Å². The van der Waals surface area contributed by atoms with E-state index in [1.807, 2.05) is 0 Å². The number of unbranched alkanes of at least 4 members (excludes halogenated alkanes) is 2. The van der Waals surface area contributed by atoms with Crippen LogP contribution in [0.5, 0.6) is 0 Å². The maximum atomic E-state index is 12.2. The summed E-state index contributed by atoms with van der Waals surface area (Å²) in [4.78, 5) is 12.2. The van der Waals surface area contributed by atoms with Crippen molar-refractivity contribution in [2.24, 2.45) is 11.8 Å². The lowest BCUT2D eigenvalue weighted by atomic mass is 9.83. The number of aliphatic hydroxyl groups excluding tert-OH is 1. The van der Waals surface area contributed by atoms with Crippen molar-refractivity contribution in [2.75, 3.05) is 0 Å². The van der Waals surface area contributed by atoms with Crippen LogP contribution in [0.4, 0.5) is 0 Å². The Labute approximate surface area is 129 Å². The Morgan fingerprint density at radius 2 is 1.67 bits per heavy atom. The molecule has 0 amide bonds. The minimum Gasteiger partial charge on any atom is -0.462 e. The first-order chi connectivity index (χ1) is 10.2. The van der Waals surface area contributed by atoms with E-state index in [0.29, 0.717) is 0 Å². The lowest BCUT2D eigenvalue weighted by molar-refractivity contribution is -0.157. The smallest absolute Gasteiger partial charge is 0.309 e. The van der Waals surface area contributed by atoms with Gasteiger partial charge in [0.25, 0.3) is 0 Å². The zero-order valence-electron chi connectivity index (χ0n) is 13.6. The van der Waals surface area contributed by atoms with E-state index in [4.69, 9.17) is 4.74 Å². The highest BCUT2D eigenvalue weighted by molar-refractivity contribution is 5.72. The van der Waals surface area contributed by atoms with Crippen molar-refractivity contribution >= 4 is 5.97 Å². The molecular formula is C18H32O3. The minimum atomic E-state index is -0.201. The molecule has 0 aromatic carbocycles. The number of rotatable bonds is 6. The topological polar surface area (TPSA) is 46.5 Å². The van der Waals surface area contributed by atoms with E-state index in [1.165, 1.54) is 38.5 Å². The standard InChI is InChI=1S/C18H32O3/c1-2-3-4-5-14-6-12-17(13-7-14)21-18(20)15-8-10-16(19)11-9-15/h14-17,19H,2-13H2,1H3. The summed E-state index contributed by atoms with van der Waals surface area (Å²) in [5.41, 5.74) is 0. The zero-order valence-corrected chi connectivity index (χ0v) is 13.6. The van der Waals surface area contributed by atoms with Gasteiger partial charge in [0.15, 0.2) is 0 Å². The first-order valence-electron chi connectivity index (χ1n) is 9.07. The number of carbonyl (C=O) groups is 1. The van der Waals surface area contributed by atoms with Gasteiger partial charge >= 0.3 is 5.97 Å². The van der Waals surface area contributed by atoms with Crippen LogP contribution >= 0.6 is 0 Å². The first-order valence-corrected chi connectivity index (χ1v) is 9.07. The molecule has 3 nitrogen and oxygen atoms in total. The number of esters is 1. The van der Waals surface area contributed by atoms with Gasteiger partial charge in [-0.1, -0.05) is 32.6 Å². The van der Waals surface area contributed by atoms with Crippen molar-refractivity contribution in [2.45, 2.75) is 96.2 Å². The summed E-state index contributed by atoms with van der Waals surface area (Å²) < 4.78 is 5.72. The van der Waals surface area contributed by atoms with Gasteiger partial charge in [0, 0.05) is 0 Å². The third-order valence-electron chi connectivity index (χ3n) is 5.32. The Morgan fingerprint density at radius 1 is 1.00 bits per heavy atom. The van der Waals surface area contributed by atoms with Crippen molar-refractivity contribution in [3.63, 3.8) is 0 Å². The highest BCUT2D eigenvalue weighted by atomic mass is 16.5. The molecule has 0 aromatic rings. The highest BCUT2D eigenvalue weighted by Gasteiger charge is 2.29. The molecule has 2 aliphatic carbocycles. The molecule has 0 unspecified atom stereocenters. The number of hydrogen-bond donors (Lipinski definition) is 1. The van der Waals surface area contributed by atoms with Crippen LogP contribution in [-0.2, 0) is 9.53 Å². The molecule has 0 aromatic heterocycles. The van der Waals surface area contributed by atoms with Gasteiger partial charge < -0.3 is 9.84 Å². The summed E-state index contributed by atoms with van der Waals surface area (Å²) in [7, 11) is 0. The van der Waals surface area contributed by atoms with Gasteiger partial charge in [-0.2, -0.15) is 0 Å². The van der Waals surface area contributed by atoms with Crippen LogP contribution in [0, 0.1) is 11.8 Å². The Balaban J connectivity index is 1.62. The normalized spacial score (nSPS) is 33.6. The molecule has 0 saturated heterocycles. The third-order valence-corrected chi connectivity index (χ3v) is 5.32. The van der Waals surface area contributed by atoms with E-state index >= 15 is 0 Å². The SMILES string of the molecule is CCCCCC1CCC(OC(=O)C2CCC(O)CC2)CC1. The molecule has 0 heterocycles. The molecule has 2 fully saturated rings. The number of carbonyl (C=O) groups excluding carboxylic acids is 1. The average molecular weight is 296 g/mol. The second-order valence-corrected chi connectivity index (χ2v) is 7.08. The Hall–Kier alpha value is -0.570. The summed E-state index contributed by atoms with van der Waals surface area (Å²) >= 11 is 0. The van der Waals surface area contributed by atoms with E-state index < -0.39 is 0 Å². The third kappa shape index (κ3) is 5.61. The van der Waals surface area contributed by atoms with Crippen LogP contribution in [0.3, 0.4) is 0 Å². The van der Waals surface area contributed by atoms with E-state index in [-0.39, 0.29) is 24.1 Å². The van der Waals surface area contributed by atoms with Crippen molar-refractivity contribution in [1.29, 1.82) is 0 Å². The lowest BCUT2D eigenvalue weighted by Crippen LogP contribution is -2.31. The van der Waals surface area contributed by atoms with E-state index in [0.717, 1.165) is 44.4 Å². The molecule has 2 aliphatic rings. The van der Waals surface area contributed by atoms with Gasteiger partial charge in [0.1, 0.15) is 6.10 Å². The first kappa shape index (κ1) is 16.8. The van der Waals surface area contributed by atoms with Gasteiger partial charge in [-0.3, -0.25) is 4.79 Å². The van der Waals surface area contributed by atoms with Crippen molar-refractivity contribution in [3.8, 4) is 0 Å². The Kier molecular flexibility index (Phi) is 7.01. The predicted molar refractivity (Wildman–Crippen MR) is 83.9 cm³/mol. The van der Waals surface area contributed by atoms with Gasteiger partial charge in [-0.15, -0.1) is 0 Å². The van der Waals surface area contributed by atoms with Crippen molar-refractivity contribution < 1.29 is 14.6 Å². The molecule has 2 saturated carbocycles. The largest absolute Gasteiger partial charge is 0.462 e. The molecule has 2 rings (SSSR count). The van der Waals surface area contributed by atoms with E-state index in [9.17, 15) is 9.90 Å². The van der Waals surface area contributed by atoms with Gasteiger partial charge in [0.05, 0.1) is 12.0 Å².